The predicted molar refractivity (Wildman–Crippen MR) is 76.3 cm³/mol. The van der Waals surface area contributed by atoms with E-state index in [0.29, 0.717) is 17.9 Å². The summed E-state index contributed by atoms with van der Waals surface area (Å²) in [6.45, 7) is 4.37. The van der Waals surface area contributed by atoms with Crippen molar-refractivity contribution in [1.82, 2.24) is 5.43 Å². The molecule has 1 aliphatic rings. The third kappa shape index (κ3) is 3.50. The average molecular weight is 291 g/mol. The molecule has 1 heterocycles. The van der Waals surface area contributed by atoms with Crippen molar-refractivity contribution in [3.63, 3.8) is 0 Å². The Balaban J connectivity index is 2.21. The van der Waals surface area contributed by atoms with E-state index in [9.17, 15) is 9.59 Å². The number of benzene rings is 1. The van der Waals surface area contributed by atoms with E-state index in [1.807, 2.05) is 25.3 Å². The molecule has 0 unspecified atom stereocenters. The first-order valence-corrected chi connectivity index (χ1v) is 6.60. The van der Waals surface area contributed by atoms with E-state index < -0.39 is 11.8 Å². The summed E-state index contributed by atoms with van der Waals surface area (Å²) in [5, 5.41) is 3.69. The van der Waals surface area contributed by atoms with Gasteiger partial charge in [-0.1, -0.05) is 0 Å². The van der Waals surface area contributed by atoms with E-state index >= 15 is 0 Å². The van der Waals surface area contributed by atoms with Gasteiger partial charge < -0.3 is 15.2 Å². The Hall–Kier alpha value is -2.57. The number of carbonyl (C=O) groups is 2. The number of nitrogens with zero attached hydrogens (tertiary/aromatic N) is 1. The zero-order valence-corrected chi connectivity index (χ0v) is 11.9. The SMILES string of the molecule is CCOc1cc2c(cc1/C=N\NC(=O)C(N)=O)O[C@@H](C)C2. The number of rotatable bonds is 4. The van der Waals surface area contributed by atoms with Gasteiger partial charge in [0.25, 0.3) is 0 Å². The maximum absolute atomic E-state index is 11.0. The summed E-state index contributed by atoms with van der Waals surface area (Å²) in [5.74, 6) is -0.654. The number of amides is 2. The van der Waals surface area contributed by atoms with Crippen LogP contribution in [0.2, 0.25) is 0 Å². The summed E-state index contributed by atoms with van der Waals surface area (Å²) in [4.78, 5) is 21.6. The maximum atomic E-state index is 11.0. The number of carbonyl (C=O) groups excluding carboxylic acids is 2. The summed E-state index contributed by atoms with van der Waals surface area (Å²) in [6.07, 6.45) is 2.33. The van der Waals surface area contributed by atoms with Gasteiger partial charge in [0.05, 0.1) is 12.8 Å². The summed E-state index contributed by atoms with van der Waals surface area (Å²) in [6, 6.07) is 3.70. The Morgan fingerprint density at radius 1 is 1.57 bits per heavy atom. The summed E-state index contributed by atoms with van der Waals surface area (Å²) in [7, 11) is 0. The lowest BCUT2D eigenvalue weighted by molar-refractivity contribution is -0.137. The largest absolute Gasteiger partial charge is 0.493 e. The Morgan fingerprint density at radius 2 is 2.33 bits per heavy atom. The highest BCUT2D eigenvalue weighted by atomic mass is 16.5. The smallest absolute Gasteiger partial charge is 0.329 e. The molecule has 0 fully saturated rings. The third-order valence-corrected chi connectivity index (χ3v) is 2.92. The zero-order valence-electron chi connectivity index (χ0n) is 11.9. The Morgan fingerprint density at radius 3 is 3.00 bits per heavy atom. The normalized spacial score (nSPS) is 16.4. The number of nitrogens with two attached hydrogens (primary N) is 1. The highest BCUT2D eigenvalue weighted by Gasteiger charge is 2.21. The molecule has 0 aliphatic carbocycles. The molecule has 112 valence electrons. The van der Waals surface area contributed by atoms with E-state index in [1.54, 1.807) is 6.07 Å². The second-order valence-electron chi connectivity index (χ2n) is 4.63. The highest BCUT2D eigenvalue weighted by molar-refractivity contribution is 6.34. The first kappa shape index (κ1) is 14.8. The van der Waals surface area contributed by atoms with Gasteiger partial charge in [0.1, 0.15) is 17.6 Å². The lowest BCUT2D eigenvalue weighted by atomic mass is 10.1. The second kappa shape index (κ2) is 6.25. The number of fused-ring (bicyclic) bond motifs is 1. The molecule has 0 saturated heterocycles. The molecular formula is C14H17N3O4. The fraction of sp³-hybridized carbons (Fsp3) is 0.357. The minimum atomic E-state index is -1.09. The molecule has 0 spiro atoms. The van der Waals surface area contributed by atoms with E-state index in [-0.39, 0.29) is 6.10 Å². The maximum Gasteiger partial charge on any atom is 0.329 e. The van der Waals surface area contributed by atoms with E-state index in [1.165, 1.54) is 6.21 Å². The molecule has 0 saturated carbocycles. The van der Waals surface area contributed by atoms with Gasteiger partial charge in [0.15, 0.2) is 0 Å². The van der Waals surface area contributed by atoms with Crippen molar-refractivity contribution in [2.24, 2.45) is 10.8 Å². The van der Waals surface area contributed by atoms with Gasteiger partial charge in [-0.05, 0) is 26.0 Å². The van der Waals surface area contributed by atoms with Crippen LogP contribution in [0, 0.1) is 0 Å². The molecule has 0 aromatic heterocycles. The standard InChI is InChI=1S/C14H17N3O4/c1-3-20-11-5-9-4-8(2)21-12(9)6-10(11)7-16-17-14(19)13(15)18/h5-8H,3-4H2,1-2H3,(H2,15,18)(H,17,19)/b16-7-/t8-/m0/s1. The van der Waals surface area contributed by atoms with Crippen LogP contribution < -0.4 is 20.6 Å². The van der Waals surface area contributed by atoms with Crippen LogP contribution in [0.4, 0.5) is 0 Å². The Kier molecular flexibility index (Phi) is 4.42. The van der Waals surface area contributed by atoms with Crippen LogP contribution >= 0.6 is 0 Å². The molecule has 1 aromatic carbocycles. The van der Waals surface area contributed by atoms with Crippen LogP contribution in [0.15, 0.2) is 17.2 Å². The predicted octanol–water partition coefficient (Wildman–Crippen LogP) is 0.344. The molecule has 1 atom stereocenters. The topological polar surface area (TPSA) is 103 Å². The number of hydrogen-bond donors (Lipinski definition) is 2. The monoisotopic (exact) mass is 291 g/mol. The van der Waals surface area contributed by atoms with Crippen LogP contribution in [-0.4, -0.2) is 30.7 Å². The minimum absolute atomic E-state index is 0.122. The van der Waals surface area contributed by atoms with Crippen LogP contribution in [0.1, 0.15) is 25.0 Å². The van der Waals surface area contributed by atoms with E-state index in [2.05, 4.69) is 5.10 Å². The van der Waals surface area contributed by atoms with Crippen molar-refractivity contribution < 1.29 is 19.1 Å². The van der Waals surface area contributed by atoms with Gasteiger partial charge in [0, 0.05) is 17.5 Å². The van der Waals surface area contributed by atoms with Gasteiger partial charge in [-0.2, -0.15) is 5.10 Å². The molecule has 21 heavy (non-hydrogen) atoms. The third-order valence-electron chi connectivity index (χ3n) is 2.92. The summed E-state index contributed by atoms with van der Waals surface area (Å²) >= 11 is 0. The summed E-state index contributed by atoms with van der Waals surface area (Å²) in [5.41, 5.74) is 8.57. The van der Waals surface area contributed by atoms with Gasteiger partial charge in [-0.15, -0.1) is 0 Å². The van der Waals surface area contributed by atoms with Crippen LogP contribution in [0.5, 0.6) is 11.5 Å². The lowest BCUT2D eigenvalue weighted by Gasteiger charge is -2.09. The first-order chi connectivity index (χ1) is 10.0. The number of nitrogens with one attached hydrogen (secondary N) is 1. The molecule has 0 radical (unpaired) electrons. The molecule has 2 amide bonds. The number of primary amides is 1. The van der Waals surface area contributed by atoms with Gasteiger partial charge in [-0.25, -0.2) is 5.43 Å². The quantitative estimate of drug-likeness (QED) is 0.474. The zero-order chi connectivity index (χ0) is 15.4. The van der Waals surface area contributed by atoms with Crippen LogP contribution in [0.25, 0.3) is 0 Å². The molecule has 0 bridgehead atoms. The second-order valence-corrected chi connectivity index (χ2v) is 4.63. The molecule has 1 aliphatic heterocycles. The first-order valence-electron chi connectivity index (χ1n) is 6.60. The van der Waals surface area contributed by atoms with Gasteiger partial charge >= 0.3 is 11.8 Å². The molecule has 1 aromatic rings. The van der Waals surface area contributed by atoms with Crippen molar-refractivity contribution in [1.29, 1.82) is 0 Å². The van der Waals surface area contributed by atoms with E-state index in [4.69, 9.17) is 15.2 Å². The minimum Gasteiger partial charge on any atom is -0.493 e. The molecule has 7 heteroatoms. The van der Waals surface area contributed by atoms with Crippen molar-refractivity contribution in [2.45, 2.75) is 26.4 Å². The van der Waals surface area contributed by atoms with Crippen molar-refractivity contribution in [2.75, 3.05) is 6.61 Å². The number of hydrazone groups is 1. The van der Waals surface area contributed by atoms with Crippen molar-refractivity contribution in [3.8, 4) is 11.5 Å². The number of hydrogen-bond acceptors (Lipinski definition) is 5. The van der Waals surface area contributed by atoms with Crippen LogP contribution in [-0.2, 0) is 16.0 Å². The van der Waals surface area contributed by atoms with Crippen molar-refractivity contribution >= 4 is 18.0 Å². The molecule has 2 rings (SSSR count). The van der Waals surface area contributed by atoms with E-state index in [0.717, 1.165) is 17.7 Å². The average Bonchev–Trinajstić information content (AvgIpc) is 2.78. The summed E-state index contributed by atoms with van der Waals surface area (Å²) < 4.78 is 11.2. The Bertz CT molecular complexity index is 598. The highest BCUT2D eigenvalue weighted by Crippen LogP contribution is 2.34. The molecule has 7 nitrogen and oxygen atoms in total. The van der Waals surface area contributed by atoms with Gasteiger partial charge in [-0.3, -0.25) is 9.59 Å². The molecule has 3 N–H and O–H groups in total. The van der Waals surface area contributed by atoms with Crippen molar-refractivity contribution in [3.05, 3.63) is 23.3 Å². The Labute approximate surface area is 122 Å². The number of ether oxygens (including phenoxy) is 2. The van der Waals surface area contributed by atoms with Crippen LogP contribution in [0.3, 0.4) is 0 Å². The van der Waals surface area contributed by atoms with Gasteiger partial charge in [0.2, 0.25) is 0 Å². The fourth-order valence-corrected chi connectivity index (χ4v) is 2.05. The lowest BCUT2D eigenvalue weighted by Crippen LogP contribution is -2.32. The fourth-order valence-electron chi connectivity index (χ4n) is 2.05. The molecular weight excluding hydrogens is 274 g/mol.